The number of fused-ring (bicyclic) bond motifs is 2. The maximum absolute atomic E-state index is 6.83. The lowest BCUT2D eigenvalue weighted by molar-refractivity contribution is 0.293. The van der Waals surface area contributed by atoms with Crippen LogP contribution in [0.1, 0.15) is 52.7 Å². The van der Waals surface area contributed by atoms with Crippen LogP contribution < -0.4 is 20.1 Å². The summed E-state index contributed by atoms with van der Waals surface area (Å²) in [6.45, 7) is 14.3. The van der Waals surface area contributed by atoms with E-state index in [2.05, 4.69) is 139 Å². The van der Waals surface area contributed by atoms with Crippen LogP contribution in [0.2, 0.25) is 0 Å². The molecule has 40 heavy (non-hydrogen) atoms. The largest absolute Gasteiger partial charge is 0.485 e. The SMILES string of the molecule is CC(C)(C)[P@@]1c2c(cccc2-c2cccc3c2[P@](C(C)(C)C)[C@H](Cc2ccccc2)O3)O[C@H]1Cc1ccccc1. The summed E-state index contributed by atoms with van der Waals surface area (Å²) in [4.78, 5) is 0. The van der Waals surface area contributed by atoms with Crippen LogP contribution in [0.25, 0.3) is 11.1 Å². The minimum absolute atomic E-state index is 0.106. The van der Waals surface area contributed by atoms with E-state index in [0.717, 1.165) is 24.3 Å². The number of rotatable bonds is 5. The third kappa shape index (κ3) is 5.22. The first-order chi connectivity index (χ1) is 19.1. The van der Waals surface area contributed by atoms with E-state index >= 15 is 0 Å². The molecule has 6 rings (SSSR count). The molecule has 0 spiro atoms. The van der Waals surface area contributed by atoms with Gasteiger partial charge in [0.15, 0.2) is 0 Å². The lowest BCUT2D eigenvalue weighted by atomic mass is 10.0. The summed E-state index contributed by atoms with van der Waals surface area (Å²) in [5.74, 6) is 2.46. The van der Waals surface area contributed by atoms with E-state index in [1.165, 1.54) is 32.9 Å². The summed E-state index contributed by atoms with van der Waals surface area (Å²) in [6, 6.07) is 35.1. The van der Waals surface area contributed by atoms with Gasteiger partial charge >= 0.3 is 0 Å². The fourth-order valence-electron chi connectivity index (χ4n) is 6.29. The molecule has 0 saturated carbocycles. The Kier molecular flexibility index (Phi) is 7.31. The van der Waals surface area contributed by atoms with Crippen molar-refractivity contribution in [2.75, 3.05) is 0 Å². The average Bonchev–Trinajstić information content (AvgIpc) is 3.47. The van der Waals surface area contributed by atoms with Gasteiger partial charge in [-0.15, -0.1) is 0 Å². The second-order valence-corrected chi connectivity index (χ2v) is 19.1. The van der Waals surface area contributed by atoms with Crippen LogP contribution in [0.4, 0.5) is 0 Å². The van der Waals surface area contributed by atoms with Gasteiger partial charge in [-0.25, -0.2) is 0 Å². The Hall–Kier alpha value is -2.66. The summed E-state index contributed by atoms with van der Waals surface area (Å²) in [5.41, 5.74) is 5.36. The molecule has 4 aromatic carbocycles. The minimum Gasteiger partial charge on any atom is -0.485 e. The Balaban J connectivity index is 1.45. The Morgan fingerprint density at radius 1 is 0.500 bits per heavy atom. The molecule has 206 valence electrons. The van der Waals surface area contributed by atoms with Crippen molar-refractivity contribution in [1.29, 1.82) is 0 Å². The molecule has 2 nitrogen and oxygen atoms in total. The third-order valence-electron chi connectivity index (χ3n) is 7.82. The van der Waals surface area contributed by atoms with E-state index in [1.807, 2.05) is 0 Å². The number of ether oxygens (including phenoxy) is 2. The Bertz CT molecular complexity index is 1370. The number of hydrogen-bond donors (Lipinski definition) is 0. The molecule has 0 unspecified atom stereocenters. The van der Waals surface area contributed by atoms with E-state index < -0.39 is 15.8 Å². The lowest BCUT2D eigenvalue weighted by Crippen LogP contribution is -2.27. The molecule has 4 atom stereocenters. The van der Waals surface area contributed by atoms with Gasteiger partial charge in [0.2, 0.25) is 0 Å². The fourth-order valence-corrected chi connectivity index (χ4v) is 12.8. The van der Waals surface area contributed by atoms with Gasteiger partial charge in [0.25, 0.3) is 0 Å². The molecule has 2 heterocycles. The first-order valence-electron chi connectivity index (χ1n) is 14.4. The van der Waals surface area contributed by atoms with E-state index in [-0.39, 0.29) is 22.0 Å². The fraction of sp³-hybridized carbons (Fsp3) is 0.333. The third-order valence-corrected chi connectivity index (χ3v) is 14.3. The van der Waals surface area contributed by atoms with Crippen LogP contribution in [-0.4, -0.2) is 22.0 Å². The van der Waals surface area contributed by atoms with Crippen molar-refractivity contribution in [1.82, 2.24) is 0 Å². The van der Waals surface area contributed by atoms with Crippen LogP contribution in [-0.2, 0) is 12.8 Å². The quantitative estimate of drug-likeness (QED) is 0.224. The monoisotopic (exact) mass is 566 g/mol. The van der Waals surface area contributed by atoms with Gasteiger partial charge in [-0.3, -0.25) is 0 Å². The van der Waals surface area contributed by atoms with Gasteiger partial charge in [0.1, 0.15) is 23.2 Å². The molecule has 0 amide bonds. The van der Waals surface area contributed by atoms with Crippen LogP contribution in [0.3, 0.4) is 0 Å². The molecule has 0 aromatic heterocycles. The summed E-state index contributed by atoms with van der Waals surface area (Å²) in [7, 11) is -1.18. The summed E-state index contributed by atoms with van der Waals surface area (Å²) >= 11 is 0. The molecule has 0 N–H and O–H groups in total. The van der Waals surface area contributed by atoms with E-state index in [4.69, 9.17) is 9.47 Å². The molecule has 4 aromatic rings. The highest BCUT2D eigenvalue weighted by atomic mass is 31.1. The van der Waals surface area contributed by atoms with Gasteiger partial charge in [-0.05, 0) is 60.5 Å². The Morgan fingerprint density at radius 2 is 0.875 bits per heavy atom. The molecule has 0 bridgehead atoms. The smallest absolute Gasteiger partial charge is 0.128 e. The first-order valence-corrected chi connectivity index (χ1v) is 17.2. The van der Waals surface area contributed by atoms with Crippen LogP contribution in [0.15, 0.2) is 97.1 Å². The topological polar surface area (TPSA) is 18.5 Å². The molecule has 4 heteroatoms. The molecule has 2 aliphatic heterocycles. The average molecular weight is 567 g/mol. The van der Waals surface area contributed by atoms with Crippen molar-refractivity contribution >= 4 is 26.5 Å². The van der Waals surface area contributed by atoms with Crippen molar-refractivity contribution in [2.24, 2.45) is 0 Å². The molecular weight excluding hydrogens is 526 g/mol. The predicted octanol–water partition coefficient (Wildman–Crippen LogP) is 9.09. The number of benzene rings is 4. The second kappa shape index (κ2) is 10.6. The van der Waals surface area contributed by atoms with Gasteiger partial charge in [0, 0.05) is 23.5 Å². The molecular formula is C36H40O2P2. The van der Waals surface area contributed by atoms with Gasteiger partial charge in [-0.1, -0.05) is 126 Å². The maximum atomic E-state index is 6.83. The molecule has 0 radical (unpaired) electrons. The van der Waals surface area contributed by atoms with Gasteiger partial charge in [-0.2, -0.15) is 0 Å². The Labute approximate surface area is 242 Å². The highest BCUT2D eigenvalue weighted by Crippen LogP contribution is 2.63. The zero-order valence-electron chi connectivity index (χ0n) is 24.5. The summed E-state index contributed by atoms with van der Waals surface area (Å²) < 4.78 is 13.7. The minimum atomic E-state index is -0.589. The van der Waals surface area contributed by atoms with Crippen molar-refractivity contribution in [3.05, 3.63) is 108 Å². The van der Waals surface area contributed by atoms with Crippen molar-refractivity contribution in [3.8, 4) is 22.6 Å². The highest BCUT2D eigenvalue weighted by molar-refractivity contribution is 7.69. The summed E-state index contributed by atoms with van der Waals surface area (Å²) in [6.07, 6.45) is 1.86. The van der Waals surface area contributed by atoms with E-state index in [0.29, 0.717) is 0 Å². The molecule has 2 aliphatic rings. The highest BCUT2D eigenvalue weighted by Gasteiger charge is 2.46. The standard InChI is InChI=1S/C36H40O2P2/c1-35(2,3)39-31(23-25-15-9-7-10-16-25)37-29-21-13-19-27(33(29)39)28-20-14-22-30-34(28)40(36(4,5)6)32(38-30)24-26-17-11-8-12-18-26/h7-22,31-32H,23-24H2,1-6H3/t31-,32-,39-,40-/m1/s1. The van der Waals surface area contributed by atoms with Crippen molar-refractivity contribution < 1.29 is 9.47 Å². The molecule has 0 saturated heterocycles. The maximum Gasteiger partial charge on any atom is 0.128 e. The number of hydrogen-bond acceptors (Lipinski definition) is 2. The zero-order valence-corrected chi connectivity index (χ0v) is 26.3. The van der Waals surface area contributed by atoms with Gasteiger partial charge < -0.3 is 9.47 Å². The lowest BCUT2D eigenvalue weighted by Gasteiger charge is -2.34. The van der Waals surface area contributed by atoms with Crippen molar-refractivity contribution in [3.63, 3.8) is 0 Å². The Morgan fingerprint density at radius 3 is 1.23 bits per heavy atom. The normalized spacial score (nSPS) is 21.9. The predicted molar refractivity (Wildman–Crippen MR) is 174 cm³/mol. The second-order valence-electron chi connectivity index (χ2n) is 12.9. The van der Waals surface area contributed by atoms with Gasteiger partial charge in [0.05, 0.1) is 0 Å². The van der Waals surface area contributed by atoms with E-state index in [9.17, 15) is 0 Å². The van der Waals surface area contributed by atoms with Crippen LogP contribution >= 0.6 is 15.8 Å². The molecule has 0 fully saturated rings. The van der Waals surface area contributed by atoms with Crippen LogP contribution in [0.5, 0.6) is 11.5 Å². The van der Waals surface area contributed by atoms with Crippen molar-refractivity contribution in [2.45, 2.75) is 76.4 Å². The molecule has 0 aliphatic carbocycles. The zero-order chi connectivity index (χ0) is 28.1. The first kappa shape index (κ1) is 27.5. The van der Waals surface area contributed by atoms with E-state index in [1.54, 1.807) is 0 Å². The summed E-state index contributed by atoms with van der Waals surface area (Å²) in [5, 5.41) is 3.06. The van der Waals surface area contributed by atoms with Crippen LogP contribution in [0, 0.1) is 0 Å².